The van der Waals surface area contributed by atoms with Crippen LogP contribution in [0, 0.1) is 0 Å². The summed E-state index contributed by atoms with van der Waals surface area (Å²) < 4.78 is 5.60. The highest BCUT2D eigenvalue weighted by Crippen LogP contribution is 2.26. The molecule has 21 heavy (non-hydrogen) atoms. The second-order valence-corrected chi connectivity index (χ2v) is 5.58. The molecule has 1 aliphatic heterocycles. The van der Waals surface area contributed by atoms with Gasteiger partial charge in [-0.25, -0.2) is 9.97 Å². The van der Waals surface area contributed by atoms with E-state index in [9.17, 15) is 5.11 Å². The number of anilines is 1. The molecule has 7 heteroatoms. The first-order valence-corrected chi connectivity index (χ1v) is 7.20. The van der Waals surface area contributed by atoms with Gasteiger partial charge in [-0.15, -0.1) is 0 Å². The largest absolute Gasteiger partial charge is 0.486 e. The Kier molecular flexibility index (Phi) is 4.14. The van der Waals surface area contributed by atoms with Crippen molar-refractivity contribution < 1.29 is 9.84 Å². The lowest BCUT2D eigenvalue weighted by Gasteiger charge is -2.35. The van der Waals surface area contributed by atoms with Crippen LogP contribution < -0.4 is 9.64 Å². The molecule has 0 bridgehead atoms. The van der Waals surface area contributed by atoms with Gasteiger partial charge in [0.25, 0.3) is 0 Å². The zero-order valence-corrected chi connectivity index (χ0v) is 12.6. The van der Waals surface area contributed by atoms with Gasteiger partial charge in [-0.2, -0.15) is 0 Å². The quantitative estimate of drug-likeness (QED) is 0.936. The lowest BCUT2D eigenvalue weighted by Crippen LogP contribution is -2.51. The Labute approximate surface area is 132 Å². The molecule has 1 aromatic heterocycles. The normalized spacial score (nSPS) is 14.9. The summed E-state index contributed by atoms with van der Waals surface area (Å²) >= 11 is 12.2. The van der Waals surface area contributed by atoms with Crippen LogP contribution in [-0.2, 0) is 6.61 Å². The van der Waals surface area contributed by atoms with Crippen LogP contribution in [-0.4, -0.2) is 34.3 Å². The molecule has 0 spiro atoms. The highest BCUT2D eigenvalue weighted by molar-refractivity contribution is 6.35. The first-order valence-electron chi connectivity index (χ1n) is 6.44. The molecular weight excluding hydrogens is 313 g/mol. The highest BCUT2D eigenvalue weighted by Gasteiger charge is 2.26. The Morgan fingerprint density at radius 3 is 2.38 bits per heavy atom. The number of hydrogen-bond donors (Lipinski definition) is 1. The zero-order valence-electron chi connectivity index (χ0n) is 11.0. The number of nitrogens with zero attached hydrogens (tertiary/aromatic N) is 3. The van der Waals surface area contributed by atoms with Gasteiger partial charge >= 0.3 is 0 Å². The third kappa shape index (κ3) is 3.20. The number of β-amino-alcohol motifs (C(OH)–C–C–N with tert-alkyl or cyclic N) is 1. The average molecular weight is 326 g/mol. The fourth-order valence-corrected chi connectivity index (χ4v) is 2.50. The summed E-state index contributed by atoms with van der Waals surface area (Å²) in [6.45, 7) is 1.38. The second kappa shape index (κ2) is 6.05. The predicted octanol–water partition coefficient (Wildman–Crippen LogP) is 2.54. The first-order chi connectivity index (χ1) is 10.1. The number of halogens is 2. The van der Waals surface area contributed by atoms with Crippen LogP contribution in [0.25, 0.3) is 0 Å². The molecule has 5 nitrogen and oxygen atoms in total. The second-order valence-electron chi connectivity index (χ2n) is 4.77. The Balaban J connectivity index is 1.63. The van der Waals surface area contributed by atoms with Crippen molar-refractivity contribution in [2.45, 2.75) is 12.7 Å². The van der Waals surface area contributed by atoms with Gasteiger partial charge in [0.1, 0.15) is 6.61 Å². The van der Waals surface area contributed by atoms with Crippen molar-refractivity contribution in [3.63, 3.8) is 0 Å². The van der Waals surface area contributed by atoms with Gasteiger partial charge in [-0.05, 0) is 12.1 Å². The molecule has 2 heterocycles. The molecule has 2 aromatic rings. The van der Waals surface area contributed by atoms with Gasteiger partial charge in [-0.1, -0.05) is 29.3 Å². The van der Waals surface area contributed by atoms with Gasteiger partial charge in [0.05, 0.1) is 18.5 Å². The van der Waals surface area contributed by atoms with Gasteiger partial charge in [0.15, 0.2) is 5.75 Å². The Morgan fingerprint density at radius 2 is 1.81 bits per heavy atom. The Hall–Kier alpha value is -1.56. The maximum atomic E-state index is 9.25. The lowest BCUT2D eigenvalue weighted by atomic mass is 10.2. The Morgan fingerprint density at radius 1 is 1.19 bits per heavy atom. The number of aliphatic hydroxyl groups excluding tert-OH is 1. The zero-order chi connectivity index (χ0) is 14.8. The fourth-order valence-electron chi connectivity index (χ4n) is 1.99. The third-order valence-corrected chi connectivity index (χ3v) is 3.91. The van der Waals surface area contributed by atoms with Crippen LogP contribution in [0.15, 0.2) is 30.6 Å². The molecule has 0 unspecified atom stereocenters. The van der Waals surface area contributed by atoms with Crippen LogP contribution in [0.4, 0.5) is 5.95 Å². The SMILES string of the molecule is OC1CN(c2ncc(OCc3c(Cl)cccc3Cl)cn2)C1. The summed E-state index contributed by atoms with van der Waals surface area (Å²) in [6, 6.07) is 5.31. The number of benzene rings is 1. The van der Waals surface area contributed by atoms with Crippen molar-refractivity contribution in [2.75, 3.05) is 18.0 Å². The summed E-state index contributed by atoms with van der Waals surface area (Å²) in [5, 5.41) is 10.4. The molecule has 3 rings (SSSR count). The van der Waals surface area contributed by atoms with Gasteiger partial charge in [0, 0.05) is 28.7 Å². The summed E-state index contributed by atoms with van der Waals surface area (Å²) in [5.74, 6) is 1.12. The topological polar surface area (TPSA) is 58.5 Å². The van der Waals surface area contributed by atoms with Crippen molar-refractivity contribution in [1.29, 1.82) is 0 Å². The summed E-state index contributed by atoms with van der Waals surface area (Å²) in [5.41, 5.74) is 0.732. The summed E-state index contributed by atoms with van der Waals surface area (Å²) in [6.07, 6.45) is 2.90. The molecule has 1 aliphatic rings. The maximum Gasteiger partial charge on any atom is 0.225 e. The molecule has 0 atom stereocenters. The molecule has 1 aromatic carbocycles. The number of aromatic nitrogens is 2. The fraction of sp³-hybridized carbons (Fsp3) is 0.286. The molecule has 1 saturated heterocycles. The van der Waals surface area contributed by atoms with Crippen LogP contribution in [0.2, 0.25) is 10.0 Å². The maximum absolute atomic E-state index is 9.25. The van der Waals surface area contributed by atoms with E-state index in [0.717, 1.165) is 5.56 Å². The van der Waals surface area contributed by atoms with Crippen LogP contribution in [0.3, 0.4) is 0 Å². The molecule has 0 saturated carbocycles. The lowest BCUT2D eigenvalue weighted by molar-refractivity contribution is 0.140. The summed E-state index contributed by atoms with van der Waals surface area (Å²) in [7, 11) is 0. The molecule has 0 amide bonds. The van der Waals surface area contributed by atoms with E-state index < -0.39 is 0 Å². The van der Waals surface area contributed by atoms with Crippen molar-refractivity contribution in [3.8, 4) is 5.75 Å². The summed E-state index contributed by atoms with van der Waals surface area (Å²) in [4.78, 5) is 10.3. The highest BCUT2D eigenvalue weighted by atomic mass is 35.5. The molecule has 1 fully saturated rings. The first kappa shape index (κ1) is 14.4. The third-order valence-electron chi connectivity index (χ3n) is 3.20. The van der Waals surface area contributed by atoms with Crippen LogP contribution >= 0.6 is 23.2 Å². The Bertz CT molecular complexity index is 610. The van der Waals surface area contributed by atoms with Crippen LogP contribution in [0.1, 0.15) is 5.56 Å². The van der Waals surface area contributed by atoms with E-state index in [4.69, 9.17) is 27.9 Å². The van der Waals surface area contributed by atoms with Gasteiger partial charge in [0.2, 0.25) is 5.95 Å². The predicted molar refractivity (Wildman–Crippen MR) is 81.0 cm³/mol. The molecular formula is C14H13Cl2N3O2. The number of ether oxygens (including phenoxy) is 1. The van der Waals surface area contributed by atoms with Crippen LogP contribution in [0.5, 0.6) is 5.75 Å². The average Bonchev–Trinajstić information content (AvgIpc) is 2.44. The molecule has 0 radical (unpaired) electrons. The molecule has 110 valence electrons. The monoisotopic (exact) mass is 325 g/mol. The van der Waals surface area contributed by atoms with Crippen molar-refractivity contribution >= 4 is 29.2 Å². The smallest absolute Gasteiger partial charge is 0.225 e. The van der Waals surface area contributed by atoms with Crippen molar-refractivity contribution in [3.05, 3.63) is 46.2 Å². The minimum atomic E-state index is -0.285. The van der Waals surface area contributed by atoms with E-state index in [2.05, 4.69) is 9.97 Å². The number of hydrogen-bond acceptors (Lipinski definition) is 5. The number of aliphatic hydroxyl groups is 1. The minimum absolute atomic E-state index is 0.254. The van der Waals surface area contributed by atoms with Crippen molar-refractivity contribution in [1.82, 2.24) is 9.97 Å². The minimum Gasteiger partial charge on any atom is -0.486 e. The standard InChI is InChI=1S/C14H13Cl2N3O2/c15-12-2-1-3-13(16)11(12)8-21-10-4-17-14(18-5-10)19-6-9(20)7-19/h1-5,9,20H,6-8H2. The van der Waals surface area contributed by atoms with Gasteiger partial charge < -0.3 is 14.7 Å². The van der Waals surface area contributed by atoms with E-state index in [1.165, 1.54) is 0 Å². The number of rotatable bonds is 4. The molecule has 0 aliphatic carbocycles. The van der Waals surface area contributed by atoms with E-state index in [1.807, 2.05) is 4.90 Å². The van der Waals surface area contributed by atoms with E-state index in [-0.39, 0.29) is 12.7 Å². The van der Waals surface area contributed by atoms with E-state index >= 15 is 0 Å². The van der Waals surface area contributed by atoms with E-state index in [0.29, 0.717) is 34.8 Å². The van der Waals surface area contributed by atoms with Gasteiger partial charge in [-0.3, -0.25) is 0 Å². The molecule has 1 N–H and O–H groups in total. The van der Waals surface area contributed by atoms with Crippen molar-refractivity contribution in [2.24, 2.45) is 0 Å². The van der Waals surface area contributed by atoms with E-state index in [1.54, 1.807) is 30.6 Å².